The number of likely N-dealkylation sites (N-methyl/N-ethyl adjacent to an activating group) is 1. The molecule has 0 aromatic heterocycles. The second-order valence-electron chi connectivity index (χ2n) is 6.05. The highest BCUT2D eigenvalue weighted by Crippen LogP contribution is 2.15. The lowest BCUT2D eigenvalue weighted by molar-refractivity contribution is -0.126. The first-order chi connectivity index (χ1) is 12.2. The van der Waals surface area contributed by atoms with Crippen LogP contribution in [-0.4, -0.2) is 39.7 Å². The summed E-state index contributed by atoms with van der Waals surface area (Å²) in [5.41, 5.74) is 1.38. The van der Waals surface area contributed by atoms with Gasteiger partial charge in [-0.1, -0.05) is 30.3 Å². The normalized spacial score (nSPS) is 12.3. The Kier molecular flexibility index (Phi) is 6.15. The molecule has 1 amide bonds. The minimum Gasteiger partial charge on any atom is -0.449 e. The van der Waals surface area contributed by atoms with Crippen LogP contribution in [0.25, 0.3) is 0 Å². The smallest absolute Gasteiger partial charge is 0.338 e. The maximum Gasteiger partial charge on any atom is 0.338 e. The van der Waals surface area contributed by atoms with Gasteiger partial charge in [0.15, 0.2) is 15.9 Å². The van der Waals surface area contributed by atoms with Crippen LogP contribution in [0.5, 0.6) is 0 Å². The molecule has 7 heteroatoms. The highest BCUT2D eigenvalue weighted by Gasteiger charge is 2.23. The third kappa shape index (κ3) is 5.42. The van der Waals surface area contributed by atoms with Crippen molar-refractivity contribution in [3.05, 3.63) is 65.7 Å². The van der Waals surface area contributed by atoms with Gasteiger partial charge in [0.1, 0.15) is 0 Å². The predicted octanol–water partition coefficient (Wildman–Crippen LogP) is 2.44. The van der Waals surface area contributed by atoms with Crippen LogP contribution >= 0.6 is 0 Å². The van der Waals surface area contributed by atoms with Gasteiger partial charge in [-0.05, 0) is 36.8 Å². The molecule has 0 spiro atoms. The molecule has 2 aromatic carbocycles. The van der Waals surface area contributed by atoms with E-state index in [9.17, 15) is 18.0 Å². The fourth-order valence-corrected chi connectivity index (χ4v) is 3.21. The van der Waals surface area contributed by atoms with Crippen molar-refractivity contribution in [1.29, 1.82) is 0 Å². The lowest BCUT2D eigenvalue weighted by Gasteiger charge is -2.21. The molecule has 26 heavy (non-hydrogen) atoms. The van der Waals surface area contributed by atoms with Gasteiger partial charge in [0, 0.05) is 19.0 Å². The number of carbonyl (C=O) groups is 2. The number of para-hydroxylation sites is 1. The van der Waals surface area contributed by atoms with Crippen molar-refractivity contribution in [3.63, 3.8) is 0 Å². The molecule has 0 saturated heterocycles. The molecule has 138 valence electrons. The van der Waals surface area contributed by atoms with Crippen LogP contribution in [0.4, 0.5) is 5.69 Å². The van der Waals surface area contributed by atoms with Gasteiger partial charge in [0.05, 0.1) is 11.3 Å². The van der Waals surface area contributed by atoms with Crippen LogP contribution in [0, 0.1) is 0 Å². The van der Waals surface area contributed by atoms with Gasteiger partial charge >= 0.3 is 5.97 Å². The van der Waals surface area contributed by atoms with E-state index in [1.165, 1.54) is 24.0 Å². The zero-order chi connectivity index (χ0) is 19.3. The molecular weight excluding hydrogens is 354 g/mol. The topological polar surface area (TPSA) is 80.8 Å². The SMILES string of the molecule is CC(OC(=O)c1cccc(CS(C)(=O)=O)c1)C(=O)N(C)c1ccccc1. The van der Waals surface area contributed by atoms with Crippen LogP contribution in [0.15, 0.2) is 54.6 Å². The number of esters is 1. The number of rotatable bonds is 6. The quantitative estimate of drug-likeness (QED) is 0.725. The van der Waals surface area contributed by atoms with Crippen molar-refractivity contribution < 1.29 is 22.7 Å². The summed E-state index contributed by atoms with van der Waals surface area (Å²) in [4.78, 5) is 26.1. The Balaban J connectivity index is 2.07. The molecular formula is C19H21NO5S. The van der Waals surface area contributed by atoms with Gasteiger partial charge in [-0.15, -0.1) is 0 Å². The monoisotopic (exact) mass is 375 g/mol. The Labute approximate surface area is 153 Å². The van der Waals surface area contributed by atoms with Gasteiger partial charge in [-0.2, -0.15) is 0 Å². The maximum absolute atomic E-state index is 12.4. The number of hydrogen-bond acceptors (Lipinski definition) is 5. The average molecular weight is 375 g/mol. The molecule has 0 aliphatic carbocycles. The van der Waals surface area contributed by atoms with Crippen molar-refractivity contribution >= 4 is 27.4 Å². The lowest BCUT2D eigenvalue weighted by Crippen LogP contribution is -2.37. The summed E-state index contributed by atoms with van der Waals surface area (Å²) >= 11 is 0. The van der Waals surface area contributed by atoms with Crippen LogP contribution in [0.3, 0.4) is 0 Å². The molecule has 6 nitrogen and oxygen atoms in total. The summed E-state index contributed by atoms with van der Waals surface area (Å²) in [7, 11) is -1.61. The highest BCUT2D eigenvalue weighted by atomic mass is 32.2. The van der Waals surface area contributed by atoms with Crippen molar-refractivity contribution in [3.8, 4) is 0 Å². The van der Waals surface area contributed by atoms with E-state index in [0.29, 0.717) is 11.3 Å². The Morgan fingerprint density at radius 1 is 1.08 bits per heavy atom. The zero-order valence-corrected chi connectivity index (χ0v) is 15.7. The van der Waals surface area contributed by atoms with Crippen LogP contribution in [0.2, 0.25) is 0 Å². The summed E-state index contributed by atoms with van der Waals surface area (Å²) < 4.78 is 28.0. The first-order valence-electron chi connectivity index (χ1n) is 7.97. The fourth-order valence-electron chi connectivity index (χ4n) is 2.42. The molecule has 1 atom stereocenters. The number of amides is 1. The zero-order valence-electron chi connectivity index (χ0n) is 14.9. The number of ether oxygens (including phenoxy) is 1. The number of sulfone groups is 1. The minimum absolute atomic E-state index is 0.167. The summed E-state index contributed by atoms with van der Waals surface area (Å²) in [6, 6.07) is 15.2. The van der Waals surface area contributed by atoms with Gasteiger partial charge in [-0.3, -0.25) is 4.79 Å². The molecule has 0 N–H and O–H groups in total. The Hall–Kier alpha value is -2.67. The second-order valence-corrected chi connectivity index (χ2v) is 8.19. The third-order valence-electron chi connectivity index (χ3n) is 3.70. The number of hydrogen-bond donors (Lipinski definition) is 0. The van der Waals surface area contributed by atoms with Crippen molar-refractivity contribution in [2.45, 2.75) is 18.8 Å². The first kappa shape index (κ1) is 19.7. The molecule has 0 saturated carbocycles. The second kappa shape index (κ2) is 8.14. The molecule has 0 aliphatic heterocycles. The van der Waals surface area contributed by atoms with E-state index in [-0.39, 0.29) is 17.2 Å². The van der Waals surface area contributed by atoms with E-state index >= 15 is 0 Å². The van der Waals surface area contributed by atoms with E-state index in [2.05, 4.69) is 0 Å². The number of benzene rings is 2. The summed E-state index contributed by atoms with van der Waals surface area (Å²) in [5.74, 6) is -1.21. The molecule has 0 radical (unpaired) electrons. The third-order valence-corrected chi connectivity index (χ3v) is 4.55. The van der Waals surface area contributed by atoms with Crippen molar-refractivity contribution in [2.75, 3.05) is 18.2 Å². The summed E-state index contributed by atoms with van der Waals surface area (Å²) in [5, 5.41) is 0. The average Bonchev–Trinajstić information content (AvgIpc) is 2.59. The minimum atomic E-state index is -3.21. The number of carbonyl (C=O) groups excluding carboxylic acids is 2. The molecule has 2 aromatic rings. The van der Waals surface area contributed by atoms with E-state index in [4.69, 9.17) is 4.74 Å². The molecule has 0 aliphatic rings. The van der Waals surface area contributed by atoms with Crippen LogP contribution in [0.1, 0.15) is 22.8 Å². The number of anilines is 1. The fraction of sp³-hybridized carbons (Fsp3) is 0.263. The maximum atomic E-state index is 12.4. The van der Waals surface area contributed by atoms with Gasteiger partial charge in [0.25, 0.3) is 5.91 Å². The molecule has 0 bridgehead atoms. The van der Waals surface area contributed by atoms with Gasteiger partial charge < -0.3 is 9.64 Å². The van der Waals surface area contributed by atoms with Gasteiger partial charge in [-0.25, -0.2) is 13.2 Å². The standard InChI is InChI=1S/C19H21NO5S/c1-14(18(21)20(2)17-10-5-4-6-11-17)25-19(22)16-9-7-8-15(12-16)13-26(3,23)24/h4-12,14H,13H2,1-3H3. The van der Waals surface area contributed by atoms with Gasteiger partial charge in [0.2, 0.25) is 0 Å². The Bertz CT molecular complexity index is 893. The molecule has 0 heterocycles. The highest BCUT2D eigenvalue weighted by molar-refractivity contribution is 7.89. The molecule has 1 unspecified atom stereocenters. The van der Waals surface area contributed by atoms with Crippen molar-refractivity contribution in [2.24, 2.45) is 0 Å². The molecule has 2 rings (SSSR count). The van der Waals surface area contributed by atoms with E-state index in [0.717, 1.165) is 6.26 Å². The Morgan fingerprint density at radius 2 is 1.73 bits per heavy atom. The number of nitrogens with zero attached hydrogens (tertiary/aromatic N) is 1. The van der Waals surface area contributed by atoms with Crippen LogP contribution < -0.4 is 4.90 Å². The van der Waals surface area contributed by atoms with Crippen LogP contribution in [-0.2, 0) is 25.1 Å². The van der Waals surface area contributed by atoms with Crippen molar-refractivity contribution in [1.82, 2.24) is 0 Å². The molecule has 0 fully saturated rings. The first-order valence-corrected chi connectivity index (χ1v) is 10.0. The predicted molar refractivity (Wildman–Crippen MR) is 99.7 cm³/mol. The van der Waals surface area contributed by atoms with E-state index in [1.54, 1.807) is 31.3 Å². The Morgan fingerprint density at radius 3 is 2.35 bits per heavy atom. The summed E-state index contributed by atoms with van der Waals surface area (Å²) in [6.45, 7) is 1.50. The van der Waals surface area contributed by atoms with E-state index in [1.807, 2.05) is 18.2 Å². The largest absolute Gasteiger partial charge is 0.449 e. The lowest BCUT2D eigenvalue weighted by atomic mass is 10.1. The summed E-state index contributed by atoms with van der Waals surface area (Å²) in [6.07, 6.45) is 0.143. The van der Waals surface area contributed by atoms with E-state index < -0.39 is 21.9 Å².